The number of amides is 1. The van der Waals surface area contributed by atoms with Gasteiger partial charge in [0, 0.05) is 21.8 Å². The van der Waals surface area contributed by atoms with Crippen molar-refractivity contribution in [1.82, 2.24) is 5.43 Å². The van der Waals surface area contributed by atoms with Gasteiger partial charge in [0.05, 0.1) is 16.7 Å². The van der Waals surface area contributed by atoms with Crippen LogP contribution < -0.4 is 10.1 Å². The van der Waals surface area contributed by atoms with E-state index in [1.165, 1.54) is 60.7 Å². The monoisotopic (exact) mass is 481 g/mol. The number of alkyl halides is 3. The number of anilines is 1. The molecule has 0 aromatic heterocycles. The van der Waals surface area contributed by atoms with Crippen molar-refractivity contribution in [2.75, 3.05) is 4.72 Å². The lowest BCUT2D eigenvalue weighted by molar-refractivity contribution is -0.137. The van der Waals surface area contributed by atoms with E-state index >= 15 is 0 Å². The molecule has 11 heteroatoms. The molecule has 0 heterocycles. The maximum Gasteiger partial charge on any atom is 0.417 e. The van der Waals surface area contributed by atoms with Gasteiger partial charge in [-0.15, -0.1) is 0 Å². The minimum atomic E-state index is -4.58. The molecule has 3 rings (SSSR count). The lowest BCUT2D eigenvalue weighted by atomic mass is 10.1. The minimum absolute atomic E-state index is 0.0507. The summed E-state index contributed by atoms with van der Waals surface area (Å²) < 4.78 is 66.6. The highest BCUT2D eigenvalue weighted by atomic mass is 35.5. The van der Waals surface area contributed by atoms with Crippen LogP contribution in [0, 0.1) is 0 Å². The molecule has 166 valence electrons. The van der Waals surface area contributed by atoms with Crippen LogP contribution >= 0.6 is 11.6 Å². The Morgan fingerprint density at radius 1 is 0.969 bits per heavy atom. The molecule has 0 aliphatic rings. The average Bonchev–Trinajstić information content (AvgIpc) is 2.75. The Hall–Kier alpha value is -3.37. The summed E-state index contributed by atoms with van der Waals surface area (Å²) in [5.74, 6) is -0.797. The quantitative estimate of drug-likeness (QED) is 0.387. The van der Waals surface area contributed by atoms with Crippen molar-refractivity contribution in [1.29, 1.82) is 0 Å². The van der Waals surface area contributed by atoms with Crippen LogP contribution in [0.15, 0.2) is 82.8 Å². The topological polar surface area (TPSA) is 87.6 Å². The molecule has 0 spiro atoms. The predicted octanol–water partition coefficient (Wildman–Crippen LogP) is 4.92. The zero-order chi connectivity index (χ0) is 23.4. The number of rotatable bonds is 6. The van der Waals surface area contributed by atoms with Gasteiger partial charge in [0.25, 0.3) is 15.9 Å². The van der Waals surface area contributed by atoms with Gasteiger partial charge in [-0.3, -0.25) is 9.52 Å². The van der Waals surface area contributed by atoms with Crippen molar-refractivity contribution in [2.45, 2.75) is 11.1 Å². The smallest absolute Gasteiger partial charge is 0.280 e. The molecule has 2 N–H and O–H groups in total. The van der Waals surface area contributed by atoms with Gasteiger partial charge in [-0.1, -0.05) is 35.9 Å². The molecule has 0 atom stereocenters. The molecule has 0 saturated heterocycles. The maximum absolute atomic E-state index is 13.0. The number of benzene rings is 3. The summed E-state index contributed by atoms with van der Waals surface area (Å²) in [6.07, 6.45) is -3.71. The molecule has 32 heavy (non-hydrogen) atoms. The van der Waals surface area contributed by atoms with Gasteiger partial charge in [-0.25, -0.2) is 13.8 Å². The van der Waals surface area contributed by atoms with E-state index in [0.717, 1.165) is 18.3 Å². The van der Waals surface area contributed by atoms with E-state index < -0.39 is 27.7 Å². The van der Waals surface area contributed by atoms with Crippen LogP contribution in [-0.2, 0) is 16.2 Å². The SMILES string of the molecule is O=C(N/N=C\c1ccccc1C(F)(F)F)c1cccc(S(=O)(=O)Nc2ccc(Cl)cc2)c1. The van der Waals surface area contributed by atoms with Gasteiger partial charge in [-0.2, -0.15) is 18.3 Å². The van der Waals surface area contributed by atoms with Gasteiger partial charge in [0.2, 0.25) is 0 Å². The van der Waals surface area contributed by atoms with E-state index in [2.05, 4.69) is 15.2 Å². The van der Waals surface area contributed by atoms with Gasteiger partial charge in [-0.05, 0) is 48.5 Å². The fourth-order valence-electron chi connectivity index (χ4n) is 2.63. The first-order valence-electron chi connectivity index (χ1n) is 8.94. The van der Waals surface area contributed by atoms with E-state index in [9.17, 15) is 26.4 Å². The lowest BCUT2D eigenvalue weighted by Gasteiger charge is -2.10. The van der Waals surface area contributed by atoms with Crippen molar-refractivity contribution < 1.29 is 26.4 Å². The standard InChI is InChI=1S/C21H15ClF3N3O3S/c22-16-8-10-17(11-9-16)28-32(30,31)18-6-3-5-14(12-18)20(29)27-26-13-15-4-1-2-7-19(15)21(23,24)25/h1-13,28H,(H,27,29)/b26-13-. The number of halogens is 4. The van der Waals surface area contributed by atoms with Crippen LogP contribution in [0.25, 0.3) is 0 Å². The molecule has 0 aliphatic heterocycles. The molecule has 1 amide bonds. The highest BCUT2D eigenvalue weighted by Crippen LogP contribution is 2.31. The lowest BCUT2D eigenvalue weighted by Crippen LogP contribution is -2.19. The van der Waals surface area contributed by atoms with Gasteiger partial charge >= 0.3 is 6.18 Å². The highest BCUT2D eigenvalue weighted by Gasteiger charge is 2.32. The molecule has 0 unspecified atom stereocenters. The molecule has 0 radical (unpaired) electrons. The number of nitrogens with one attached hydrogen (secondary N) is 2. The number of carbonyl (C=O) groups excluding carboxylic acids is 1. The third kappa shape index (κ3) is 5.86. The number of nitrogens with zero attached hydrogens (tertiary/aromatic N) is 1. The summed E-state index contributed by atoms with van der Waals surface area (Å²) in [5, 5.41) is 3.99. The summed E-state index contributed by atoms with van der Waals surface area (Å²) in [6.45, 7) is 0. The Bertz CT molecular complexity index is 1260. The summed E-state index contributed by atoms with van der Waals surface area (Å²) in [5.41, 5.74) is 1.18. The first-order valence-corrected chi connectivity index (χ1v) is 10.8. The second-order valence-corrected chi connectivity index (χ2v) is 8.54. The Kier molecular flexibility index (Phi) is 6.85. The Morgan fingerprint density at radius 2 is 1.66 bits per heavy atom. The molecule has 0 bridgehead atoms. The Labute approximate surface area is 186 Å². The number of hydrazone groups is 1. The molecule has 0 aliphatic carbocycles. The number of hydrogen-bond acceptors (Lipinski definition) is 4. The summed E-state index contributed by atoms with van der Waals surface area (Å²) in [6, 6.07) is 15.8. The number of sulfonamides is 1. The summed E-state index contributed by atoms with van der Waals surface area (Å²) in [4.78, 5) is 12.1. The molecular weight excluding hydrogens is 467 g/mol. The van der Waals surface area contributed by atoms with Crippen LogP contribution in [0.5, 0.6) is 0 Å². The third-order valence-corrected chi connectivity index (χ3v) is 5.77. The zero-order valence-electron chi connectivity index (χ0n) is 16.1. The maximum atomic E-state index is 13.0. The third-order valence-electron chi connectivity index (χ3n) is 4.14. The van der Waals surface area contributed by atoms with E-state index in [-0.39, 0.29) is 21.7 Å². The molecule has 0 fully saturated rings. The zero-order valence-corrected chi connectivity index (χ0v) is 17.7. The largest absolute Gasteiger partial charge is 0.417 e. The summed E-state index contributed by atoms with van der Waals surface area (Å²) >= 11 is 5.78. The Morgan fingerprint density at radius 3 is 2.34 bits per heavy atom. The second kappa shape index (κ2) is 9.41. The fourth-order valence-corrected chi connectivity index (χ4v) is 3.86. The van der Waals surface area contributed by atoms with Crippen molar-refractivity contribution in [3.05, 3.63) is 94.5 Å². The van der Waals surface area contributed by atoms with Crippen molar-refractivity contribution >= 4 is 39.4 Å². The van der Waals surface area contributed by atoms with E-state index in [0.29, 0.717) is 5.02 Å². The van der Waals surface area contributed by atoms with E-state index in [1.54, 1.807) is 0 Å². The van der Waals surface area contributed by atoms with Crippen LogP contribution in [0.1, 0.15) is 21.5 Å². The van der Waals surface area contributed by atoms with Crippen LogP contribution in [-0.4, -0.2) is 20.5 Å². The molecular formula is C21H15ClF3N3O3S. The average molecular weight is 482 g/mol. The summed E-state index contributed by atoms with van der Waals surface area (Å²) in [7, 11) is -4.00. The normalized spacial score (nSPS) is 12.0. The number of carbonyl (C=O) groups is 1. The number of hydrogen-bond donors (Lipinski definition) is 2. The van der Waals surface area contributed by atoms with Gasteiger partial charge in [0.1, 0.15) is 0 Å². The fraction of sp³-hybridized carbons (Fsp3) is 0.0476. The van der Waals surface area contributed by atoms with Crippen molar-refractivity contribution in [2.24, 2.45) is 5.10 Å². The Balaban J connectivity index is 1.75. The minimum Gasteiger partial charge on any atom is -0.280 e. The van der Waals surface area contributed by atoms with Crippen molar-refractivity contribution in [3.8, 4) is 0 Å². The molecule has 3 aromatic carbocycles. The molecule has 0 saturated carbocycles. The molecule has 3 aromatic rings. The van der Waals surface area contributed by atoms with Crippen LogP contribution in [0.4, 0.5) is 18.9 Å². The van der Waals surface area contributed by atoms with E-state index in [1.807, 2.05) is 0 Å². The van der Waals surface area contributed by atoms with Crippen molar-refractivity contribution in [3.63, 3.8) is 0 Å². The van der Waals surface area contributed by atoms with Crippen LogP contribution in [0.3, 0.4) is 0 Å². The van der Waals surface area contributed by atoms with Gasteiger partial charge < -0.3 is 0 Å². The van der Waals surface area contributed by atoms with Crippen LogP contribution in [0.2, 0.25) is 5.02 Å². The predicted molar refractivity (Wildman–Crippen MR) is 115 cm³/mol. The molecule has 6 nitrogen and oxygen atoms in total. The van der Waals surface area contributed by atoms with Gasteiger partial charge in [0.15, 0.2) is 0 Å². The first kappa shape index (κ1) is 23.3. The van der Waals surface area contributed by atoms with E-state index in [4.69, 9.17) is 11.6 Å². The first-order chi connectivity index (χ1) is 15.1. The second-order valence-electron chi connectivity index (χ2n) is 6.42. The highest BCUT2D eigenvalue weighted by molar-refractivity contribution is 7.92.